The zero-order valence-corrected chi connectivity index (χ0v) is 15.4. The van der Waals surface area contributed by atoms with Gasteiger partial charge in [0.05, 0.1) is 6.26 Å². The van der Waals surface area contributed by atoms with E-state index in [4.69, 9.17) is 0 Å². The summed E-state index contributed by atoms with van der Waals surface area (Å²) in [4.78, 5) is 23.2. The van der Waals surface area contributed by atoms with Crippen LogP contribution in [-0.4, -0.2) is 33.0 Å². The lowest BCUT2D eigenvalue weighted by molar-refractivity contribution is -0.114. The van der Waals surface area contributed by atoms with Gasteiger partial charge in [0.15, 0.2) is 0 Å². The Hall–Kier alpha value is -2.71. The number of carbonyl (C=O) groups is 2. The normalized spacial score (nSPS) is 11.0. The van der Waals surface area contributed by atoms with Crippen LogP contribution in [0.5, 0.6) is 0 Å². The van der Waals surface area contributed by atoms with Crippen molar-refractivity contribution in [1.29, 1.82) is 0 Å². The molecule has 2 aromatic rings. The minimum absolute atomic E-state index is 0.159. The van der Waals surface area contributed by atoms with Crippen LogP contribution in [0.4, 0.5) is 11.4 Å². The van der Waals surface area contributed by atoms with Crippen molar-refractivity contribution in [3.8, 4) is 0 Å². The Morgan fingerprint density at radius 1 is 0.885 bits per heavy atom. The summed E-state index contributed by atoms with van der Waals surface area (Å²) in [6.45, 7) is 1.74. The fourth-order valence-electron chi connectivity index (χ4n) is 2.25. The lowest BCUT2D eigenvalue weighted by Gasteiger charge is -2.08. The Kier molecular flexibility index (Phi) is 6.48. The quantitative estimate of drug-likeness (QED) is 0.688. The number of sulfonamides is 1. The first-order chi connectivity index (χ1) is 12.2. The first kappa shape index (κ1) is 19.6. The number of nitrogens with one attached hydrogen (secondary N) is 3. The Labute approximate surface area is 152 Å². The minimum atomic E-state index is -3.20. The van der Waals surface area contributed by atoms with Crippen LogP contribution in [0.25, 0.3) is 0 Å². The Bertz CT molecular complexity index is 876. The standard InChI is InChI=1S/C18H21N3O4S/c1-13(22)20-16-7-9-17(10-8-16)21-18(23)15-5-3-14(4-6-15)11-12-19-26(2,24)25/h3-10,19H,11-12H2,1-2H3,(H,20,22)(H,21,23). The van der Waals surface area contributed by atoms with Gasteiger partial charge < -0.3 is 10.6 Å². The van der Waals surface area contributed by atoms with Gasteiger partial charge in [-0.2, -0.15) is 0 Å². The predicted octanol–water partition coefficient (Wildman–Crippen LogP) is 1.99. The summed E-state index contributed by atoms with van der Waals surface area (Å²) in [5.41, 5.74) is 2.70. The van der Waals surface area contributed by atoms with Crippen molar-refractivity contribution in [2.75, 3.05) is 23.4 Å². The second kappa shape index (κ2) is 8.59. The number of rotatable bonds is 7. The lowest BCUT2D eigenvalue weighted by Crippen LogP contribution is -2.24. The molecule has 0 aliphatic rings. The molecule has 138 valence electrons. The number of hydrogen-bond acceptors (Lipinski definition) is 4. The third-order valence-corrected chi connectivity index (χ3v) is 4.19. The smallest absolute Gasteiger partial charge is 0.255 e. The summed E-state index contributed by atoms with van der Waals surface area (Å²) in [6.07, 6.45) is 1.66. The molecule has 7 nitrogen and oxygen atoms in total. The van der Waals surface area contributed by atoms with Crippen LogP contribution in [0.1, 0.15) is 22.8 Å². The summed E-state index contributed by atoms with van der Waals surface area (Å²) in [7, 11) is -3.20. The lowest BCUT2D eigenvalue weighted by atomic mass is 10.1. The van der Waals surface area contributed by atoms with E-state index >= 15 is 0 Å². The molecule has 0 saturated heterocycles. The van der Waals surface area contributed by atoms with Crippen LogP contribution in [0.2, 0.25) is 0 Å². The van der Waals surface area contributed by atoms with Crippen LogP contribution < -0.4 is 15.4 Å². The van der Waals surface area contributed by atoms with Gasteiger partial charge in [0.25, 0.3) is 5.91 Å². The second-order valence-corrected chi connectivity index (χ2v) is 7.66. The Balaban J connectivity index is 1.92. The maximum atomic E-state index is 12.3. The van der Waals surface area contributed by atoms with Crippen LogP contribution in [-0.2, 0) is 21.2 Å². The van der Waals surface area contributed by atoms with Gasteiger partial charge in [-0.3, -0.25) is 9.59 Å². The van der Waals surface area contributed by atoms with Crippen molar-refractivity contribution in [2.45, 2.75) is 13.3 Å². The number of amides is 2. The highest BCUT2D eigenvalue weighted by atomic mass is 32.2. The molecule has 0 unspecified atom stereocenters. The van der Waals surface area contributed by atoms with Gasteiger partial charge in [-0.25, -0.2) is 13.1 Å². The highest BCUT2D eigenvalue weighted by Crippen LogP contribution is 2.15. The molecule has 0 atom stereocenters. The third-order valence-electron chi connectivity index (χ3n) is 3.46. The summed E-state index contributed by atoms with van der Waals surface area (Å²) in [5.74, 6) is -0.410. The topological polar surface area (TPSA) is 104 Å². The van der Waals surface area contributed by atoms with E-state index in [9.17, 15) is 18.0 Å². The Morgan fingerprint density at radius 3 is 1.92 bits per heavy atom. The molecule has 0 aromatic heterocycles. The molecule has 0 saturated carbocycles. The predicted molar refractivity (Wildman–Crippen MR) is 102 cm³/mol. The maximum absolute atomic E-state index is 12.3. The van der Waals surface area contributed by atoms with E-state index in [0.717, 1.165) is 11.8 Å². The van der Waals surface area contributed by atoms with Gasteiger partial charge in [0.2, 0.25) is 15.9 Å². The van der Waals surface area contributed by atoms with Crippen molar-refractivity contribution in [3.63, 3.8) is 0 Å². The molecular weight excluding hydrogens is 354 g/mol. The molecule has 0 fully saturated rings. The van der Waals surface area contributed by atoms with Crippen LogP contribution in [0.15, 0.2) is 48.5 Å². The van der Waals surface area contributed by atoms with Crippen molar-refractivity contribution < 1.29 is 18.0 Å². The third kappa shape index (κ3) is 6.66. The summed E-state index contributed by atoms with van der Waals surface area (Å²) >= 11 is 0. The summed E-state index contributed by atoms with van der Waals surface area (Å²) in [6, 6.07) is 13.8. The molecular formula is C18H21N3O4S. The zero-order chi connectivity index (χ0) is 19.2. The first-order valence-electron chi connectivity index (χ1n) is 7.95. The van der Waals surface area contributed by atoms with Crippen LogP contribution >= 0.6 is 0 Å². The first-order valence-corrected chi connectivity index (χ1v) is 9.85. The maximum Gasteiger partial charge on any atom is 0.255 e. The van der Waals surface area contributed by atoms with Gasteiger partial charge >= 0.3 is 0 Å². The highest BCUT2D eigenvalue weighted by molar-refractivity contribution is 7.88. The van der Waals surface area contributed by atoms with Gasteiger partial charge in [0, 0.05) is 30.4 Å². The summed E-state index contributed by atoms with van der Waals surface area (Å²) in [5, 5.41) is 5.43. The molecule has 8 heteroatoms. The van der Waals surface area contributed by atoms with Gasteiger partial charge in [0.1, 0.15) is 0 Å². The molecule has 2 aromatic carbocycles. The van der Waals surface area contributed by atoms with E-state index < -0.39 is 10.0 Å². The van der Waals surface area contributed by atoms with E-state index in [2.05, 4.69) is 15.4 Å². The van der Waals surface area contributed by atoms with Crippen molar-refractivity contribution in [1.82, 2.24) is 4.72 Å². The number of anilines is 2. The highest BCUT2D eigenvalue weighted by Gasteiger charge is 2.07. The Morgan fingerprint density at radius 2 is 1.42 bits per heavy atom. The fourth-order valence-corrected chi connectivity index (χ4v) is 2.72. The molecule has 2 rings (SSSR count). The molecule has 0 bridgehead atoms. The van der Waals surface area contributed by atoms with E-state index in [1.807, 2.05) is 0 Å². The molecule has 0 aliphatic heterocycles. The van der Waals surface area contributed by atoms with E-state index in [0.29, 0.717) is 29.9 Å². The van der Waals surface area contributed by atoms with Crippen molar-refractivity contribution in [3.05, 3.63) is 59.7 Å². The SMILES string of the molecule is CC(=O)Nc1ccc(NC(=O)c2ccc(CCNS(C)(=O)=O)cc2)cc1. The van der Waals surface area contributed by atoms with E-state index in [1.54, 1.807) is 48.5 Å². The van der Waals surface area contributed by atoms with Crippen molar-refractivity contribution in [2.24, 2.45) is 0 Å². The molecule has 26 heavy (non-hydrogen) atoms. The van der Waals surface area contributed by atoms with E-state index in [1.165, 1.54) is 6.92 Å². The van der Waals surface area contributed by atoms with Crippen LogP contribution in [0, 0.1) is 0 Å². The number of hydrogen-bond donors (Lipinski definition) is 3. The molecule has 0 radical (unpaired) electrons. The fraction of sp³-hybridized carbons (Fsp3) is 0.222. The minimum Gasteiger partial charge on any atom is -0.326 e. The molecule has 3 N–H and O–H groups in total. The molecule has 2 amide bonds. The molecule has 0 spiro atoms. The van der Waals surface area contributed by atoms with Gasteiger partial charge in [-0.15, -0.1) is 0 Å². The van der Waals surface area contributed by atoms with Gasteiger partial charge in [-0.05, 0) is 48.4 Å². The average Bonchev–Trinajstić information content (AvgIpc) is 2.55. The average molecular weight is 375 g/mol. The molecule has 0 aliphatic carbocycles. The van der Waals surface area contributed by atoms with E-state index in [-0.39, 0.29) is 11.8 Å². The largest absolute Gasteiger partial charge is 0.326 e. The zero-order valence-electron chi connectivity index (χ0n) is 14.6. The van der Waals surface area contributed by atoms with Crippen LogP contribution in [0.3, 0.4) is 0 Å². The summed E-state index contributed by atoms with van der Waals surface area (Å²) < 4.78 is 24.5. The monoisotopic (exact) mass is 375 g/mol. The van der Waals surface area contributed by atoms with Crippen molar-refractivity contribution >= 4 is 33.2 Å². The molecule has 0 heterocycles. The number of carbonyl (C=O) groups excluding carboxylic acids is 2. The van der Waals surface area contributed by atoms with Gasteiger partial charge in [-0.1, -0.05) is 12.1 Å². The number of benzene rings is 2. The second-order valence-electron chi connectivity index (χ2n) is 5.83.